The first kappa shape index (κ1) is 15.5. The van der Waals surface area contributed by atoms with Gasteiger partial charge in [0.05, 0.1) is 0 Å². The summed E-state index contributed by atoms with van der Waals surface area (Å²) in [5.41, 5.74) is 0.563. The van der Waals surface area contributed by atoms with E-state index in [0.29, 0.717) is 17.5 Å². The van der Waals surface area contributed by atoms with Crippen molar-refractivity contribution in [3.05, 3.63) is 58.7 Å². The van der Waals surface area contributed by atoms with Gasteiger partial charge < -0.3 is 5.32 Å². The summed E-state index contributed by atoms with van der Waals surface area (Å²) in [5, 5.41) is 7.39. The summed E-state index contributed by atoms with van der Waals surface area (Å²) < 4.78 is 3.07. The zero-order chi connectivity index (χ0) is 17.2. The van der Waals surface area contributed by atoms with Gasteiger partial charge in [0.25, 0.3) is 11.5 Å². The largest absolute Gasteiger partial charge is 0.348 e. The normalized spacial score (nSPS) is 12.8. The van der Waals surface area contributed by atoms with Crippen molar-refractivity contribution < 1.29 is 4.79 Å². The first-order valence-electron chi connectivity index (χ1n) is 7.53. The maximum Gasteiger partial charge on any atom is 0.267 e. The zero-order valence-corrected chi connectivity index (χ0v) is 13.8. The fraction of sp³-hybridized carbons (Fsp3) is 0.200. The van der Waals surface area contributed by atoms with Crippen molar-refractivity contribution in [2.75, 3.05) is 5.75 Å². The number of nitrogens with zero attached hydrogens (tertiary/aromatic N) is 6. The van der Waals surface area contributed by atoms with Gasteiger partial charge in [-0.25, -0.2) is 19.6 Å². The fourth-order valence-corrected chi connectivity index (χ4v) is 3.35. The van der Waals surface area contributed by atoms with Gasteiger partial charge in [0.15, 0.2) is 11.0 Å². The van der Waals surface area contributed by atoms with Gasteiger partial charge in [-0.1, -0.05) is 17.8 Å². The number of fused-ring (bicyclic) bond motifs is 1. The second kappa shape index (κ2) is 6.48. The van der Waals surface area contributed by atoms with Crippen LogP contribution >= 0.6 is 11.8 Å². The Balaban J connectivity index is 1.45. The molecule has 0 unspecified atom stereocenters. The molecular weight excluding hydrogens is 342 g/mol. The summed E-state index contributed by atoms with van der Waals surface area (Å²) in [6.45, 7) is 0.847. The third-order valence-electron chi connectivity index (χ3n) is 3.72. The quantitative estimate of drug-likeness (QED) is 0.669. The van der Waals surface area contributed by atoms with Crippen LogP contribution in [0.25, 0.3) is 5.82 Å². The summed E-state index contributed by atoms with van der Waals surface area (Å²) in [6, 6.07) is 3.61. The van der Waals surface area contributed by atoms with Gasteiger partial charge in [-0.15, -0.1) is 0 Å². The maximum atomic E-state index is 12.3. The molecule has 0 saturated heterocycles. The molecule has 0 fully saturated rings. The molecular formula is C15H13N7O2S. The number of hydrogen-bond acceptors (Lipinski definition) is 7. The van der Waals surface area contributed by atoms with Crippen molar-refractivity contribution in [1.29, 1.82) is 0 Å². The molecule has 9 nitrogen and oxygen atoms in total. The van der Waals surface area contributed by atoms with E-state index in [1.807, 2.05) is 6.07 Å². The minimum absolute atomic E-state index is 0.0541. The average molecular weight is 355 g/mol. The van der Waals surface area contributed by atoms with Crippen molar-refractivity contribution in [3.8, 4) is 5.82 Å². The van der Waals surface area contributed by atoms with Crippen LogP contribution in [0.4, 0.5) is 0 Å². The standard InChI is InChI=1S/C15H13N7O2S/c23-13(11-7-19-15-21(14(11)24)3-4-25-15)18-6-10-1-2-12(17-5-10)22-9-16-8-20-22/h1-2,5,7-9H,3-4,6H2,(H,18,23). The van der Waals surface area contributed by atoms with E-state index in [2.05, 4.69) is 25.4 Å². The van der Waals surface area contributed by atoms with Crippen LogP contribution in [0.3, 0.4) is 0 Å². The van der Waals surface area contributed by atoms with Gasteiger partial charge >= 0.3 is 0 Å². The van der Waals surface area contributed by atoms with E-state index < -0.39 is 5.91 Å². The molecule has 3 aromatic rings. The molecule has 4 rings (SSSR count). The van der Waals surface area contributed by atoms with E-state index in [-0.39, 0.29) is 17.7 Å². The van der Waals surface area contributed by atoms with E-state index in [4.69, 9.17) is 0 Å². The molecule has 126 valence electrons. The van der Waals surface area contributed by atoms with Crippen molar-refractivity contribution >= 4 is 17.7 Å². The van der Waals surface area contributed by atoms with Crippen molar-refractivity contribution in [2.45, 2.75) is 18.2 Å². The number of amides is 1. The molecule has 0 saturated carbocycles. The number of thioether (sulfide) groups is 1. The monoisotopic (exact) mass is 355 g/mol. The molecule has 0 bridgehead atoms. The number of rotatable bonds is 4. The Hall–Kier alpha value is -3.01. The Morgan fingerprint density at radius 3 is 2.96 bits per heavy atom. The van der Waals surface area contributed by atoms with Crippen LogP contribution in [0.1, 0.15) is 15.9 Å². The van der Waals surface area contributed by atoms with E-state index in [1.165, 1.54) is 33.5 Å². The molecule has 1 N–H and O–H groups in total. The lowest BCUT2D eigenvalue weighted by Crippen LogP contribution is -2.33. The molecule has 25 heavy (non-hydrogen) atoms. The summed E-state index contributed by atoms with van der Waals surface area (Å²) in [6.07, 6.45) is 5.96. The molecule has 0 aromatic carbocycles. The minimum Gasteiger partial charge on any atom is -0.348 e. The summed E-state index contributed by atoms with van der Waals surface area (Å²) >= 11 is 1.51. The number of aromatic nitrogens is 6. The Morgan fingerprint density at radius 2 is 2.20 bits per heavy atom. The van der Waals surface area contributed by atoms with E-state index in [0.717, 1.165) is 11.3 Å². The van der Waals surface area contributed by atoms with Crippen LogP contribution in [0, 0.1) is 0 Å². The molecule has 0 radical (unpaired) electrons. The fourth-order valence-electron chi connectivity index (χ4n) is 2.43. The van der Waals surface area contributed by atoms with E-state index in [9.17, 15) is 9.59 Å². The Labute approximate surface area is 146 Å². The van der Waals surface area contributed by atoms with Gasteiger partial charge in [-0.05, 0) is 11.6 Å². The SMILES string of the molecule is O=C(NCc1ccc(-n2cncn2)nc1)c1cnc2n(c1=O)CCS2. The highest BCUT2D eigenvalue weighted by Crippen LogP contribution is 2.20. The minimum atomic E-state index is -0.440. The van der Waals surface area contributed by atoms with Crippen molar-refractivity contribution in [3.63, 3.8) is 0 Å². The van der Waals surface area contributed by atoms with Gasteiger partial charge in [0.1, 0.15) is 18.2 Å². The number of carbonyl (C=O) groups is 1. The van der Waals surface area contributed by atoms with Crippen LogP contribution in [-0.4, -0.2) is 41.0 Å². The molecule has 1 amide bonds. The lowest BCUT2D eigenvalue weighted by atomic mass is 10.2. The van der Waals surface area contributed by atoms with Gasteiger partial charge in [0, 0.05) is 31.2 Å². The van der Waals surface area contributed by atoms with Crippen LogP contribution < -0.4 is 10.9 Å². The third-order valence-corrected chi connectivity index (χ3v) is 4.69. The smallest absolute Gasteiger partial charge is 0.267 e. The Kier molecular flexibility index (Phi) is 4.02. The lowest BCUT2D eigenvalue weighted by molar-refractivity contribution is 0.0948. The van der Waals surface area contributed by atoms with Crippen molar-refractivity contribution in [1.82, 2.24) is 34.6 Å². The first-order valence-corrected chi connectivity index (χ1v) is 8.52. The molecule has 0 aliphatic carbocycles. The van der Waals surface area contributed by atoms with Gasteiger partial charge in [0.2, 0.25) is 0 Å². The Bertz CT molecular complexity index is 967. The molecule has 1 aliphatic heterocycles. The highest BCUT2D eigenvalue weighted by Gasteiger charge is 2.19. The zero-order valence-electron chi connectivity index (χ0n) is 13.0. The summed E-state index contributed by atoms with van der Waals surface area (Å²) in [7, 11) is 0. The van der Waals surface area contributed by atoms with Crippen LogP contribution in [0.5, 0.6) is 0 Å². The van der Waals surface area contributed by atoms with E-state index in [1.54, 1.807) is 18.6 Å². The molecule has 4 heterocycles. The topological polar surface area (TPSA) is 108 Å². The number of nitrogens with one attached hydrogen (secondary N) is 1. The molecule has 0 spiro atoms. The molecule has 0 atom stereocenters. The van der Waals surface area contributed by atoms with Crippen molar-refractivity contribution in [2.24, 2.45) is 0 Å². The summed E-state index contributed by atoms with van der Waals surface area (Å²) in [4.78, 5) is 36.9. The third kappa shape index (κ3) is 3.03. The second-order valence-corrected chi connectivity index (χ2v) is 6.37. The average Bonchev–Trinajstić information content (AvgIpc) is 3.32. The van der Waals surface area contributed by atoms with Gasteiger partial charge in [-0.2, -0.15) is 5.10 Å². The lowest BCUT2D eigenvalue weighted by Gasteiger charge is -2.07. The highest BCUT2D eigenvalue weighted by molar-refractivity contribution is 7.99. The first-order chi connectivity index (χ1) is 12.2. The molecule has 1 aliphatic rings. The predicted octanol–water partition coefficient (Wildman–Crippen LogP) is 0.255. The van der Waals surface area contributed by atoms with E-state index >= 15 is 0 Å². The molecule has 10 heteroatoms. The van der Waals surface area contributed by atoms with Crippen LogP contribution in [0.15, 0.2) is 47.1 Å². The van der Waals surface area contributed by atoms with Crippen LogP contribution in [-0.2, 0) is 13.1 Å². The highest BCUT2D eigenvalue weighted by atomic mass is 32.2. The predicted molar refractivity (Wildman–Crippen MR) is 89.5 cm³/mol. The number of pyridine rings is 1. The Morgan fingerprint density at radius 1 is 1.28 bits per heavy atom. The summed E-state index contributed by atoms with van der Waals surface area (Å²) in [5.74, 6) is 0.994. The van der Waals surface area contributed by atoms with Gasteiger partial charge in [-0.3, -0.25) is 14.2 Å². The second-order valence-electron chi connectivity index (χ2n) is 5.31. The number of hydrogen-bond donors (Lipinski definition) is 1. The maximum absolute atomic E-state index is 12.3. The van der Waals surface area contributed by atoms with Crippen LogP contribution in [0.2, 0.25) is 0 Å². The number of carbonyl (C=O) groups excluding carboxylic acids is 1. The molecule has 3 aromatic heterocycles.